The van der Waals surface area contributed by atoms with E-state index in [0.29, 0.717) is 4.91 Å². The standard InChI is InChI=1S/C17H13FN2O2S/c1-2-9-20-16(21)15(23-17(20)22)11-14-4-3-10-19(14)13-7-5-12(18)6-8-13/h2-8,10-11H,1,9H2/b15-11+. The van der Waals surface area contributed by atoms with Crippen molar-refractivity contribution in [3.05, 3.63) is 71.7 Å². The number of halogens is 1. The third-order valence-electron chi connectivity index (χ3n) is 3.35. The molecule has 0 atom stereocenters. The van der Waals surface area contributed by atoms with Gasteiger partial charge in [0.25, 0.3) is 11.1 Å². The number of hydrogen-bond acceptors (Lipinski definition) is 3. The van der Waals surface area contributed by atoms with Crippen molar-refractivity contribution < 1.29 is 14.0 Å². The molecule has 0 N–H and O–H groups in total. The molecule has 2 amide bonds. The van der Waals surface area contributed by atoms with Crippen LogP contribution in [0.3, 0.4) is 0 Å². The van der Waals surface area contributed by atoms with Crippen molar-refractivity contribution >= 4 is 29.0 Å². The zero-order chi connectivity index (χ0) is 16.4. The number of amides is 2. The Labute approximate surface area is 136 Å². The first-order chi connectivity index (χ1) is 11.1. The van der Waals surface area contributed by atoms with Crippen LogP contribution >= 0.6 is 11.8 Å². The molecule has 1 fully saturated rings. The number of benzene rings is 1. The molecule has 6 heteroatoms. The summed E-state index contributed by atoms with van der Waals surface area (Å²) in [6.07, 6.45) is 4.99. The zero-order valence-electron chi connectivity index (χ0n) is 12.1. The number of hydrogen-bond donors (Lipinski definition) is 0. The van der Waals surface area contributed by atoms with Crippen molar-refractivity contribution in [1.29, 1.82) is 0 Å². The van der Waals surface area contributed by atoms with E-state index in [1.807, 2.05) is 22.9 Å². The summed E-state index contributed by atoms with van der Waals surface area (Å²) in [6.45, 7) is 3.74. The molecule has 1 aromatic heterocycles. The molecule has 116 valence electrons. The van der Waals surface area contributed by atoms with Crippen LogP contribution in [0.5, 0.6) is 0 Å². The lowest BCUT2D eigenvalue weighted by Gasteiger charge is -2.08. The summed E-state index contributed by atoms with van der Waals surface area (Å²) in [5, 5.41) is -0.305. The second kappa shape index (κ2) is 6.26. The van der Waals surface area contributed by atoms with Gasteiger partial charge in [0.15, 0.2) is 0 Å². The number of thioether (sulfide) groups is 1. The first kappa shape index (κ1) is 15.3. The van der Waals surface area contributed by atoms with Crippen LogP contribution in [-0.4, -0.2) is 27.2 Å². The Bertz CT molecular complexity index is 808. The molecular formula is C17H13FN2O2S. The fourth-order valence-corrected chi connectivity index (χ4v) is 3.10. The Morgan fingerprint density at radius 2 is 1.91 bits per heavy atom. The van der Waals surface area contributed by atoms with E-state index < -0.39 is 0 Å². The minimum Gasteiger partial charge on any atom is -0.317 e. The Morgan fingerprint density at radius 1 is 1.17 bits per heavy atom. The molecule has 2 heterocycles. The highest BCUT2D eigenvalue weighted by atomic mass is 32.2. The van der Waals surface area contributed by atoms with Crippen molar-refractivity contribution in [2.24, 2.45) is 0 Å². The van der Waals surface area contributed by atoms with E-state index in [1.54, 1.807) is 18.2 Å². The maximum Gasteiger partial charge on any atom is 0.293 e. The van der Waals surface area contributed by atoms with E-state index in [0.717, 1.165) is 28.0 Å². The molecule has 23 heavy (non-hydrogen) atoms. The molecule has 0 aliphatic carbocycles. The molecule has 1 aliphatic heterocycles. The predicted molar refractivity (Wildman–Crippen MR) is 88.6 cm³/mol. The lowest BCUT2D eigenvalue weighted by atomic mass is 10.3. The third-order valence-corrected chi connectivity index (χ3v) is 4.26. The fraction of sp³-hybridized carbons (Fsp3) is 0.0588. The van der Waals surface area contributed by atoms with Gasteiger partial charge >= 0.3 is 0 Å². The van der Waals surface area contributed by atoms with Gasteiger partial charge in [0.1, 0.15) is 5.82 Å². The molecule has 2 aromatic rings. The van der Waals surface area contributed by atoms with Gasteiger partial charge in [-0.1, -0.05) is 6.08 Å². The Balaban J connectivity index is 1.94. The molecule has 0 spiro atoms. The molecule has 4 nitrogen and oxygen atoms in total. The van der Waals surface area contributed by atoms with Gasteiger partial charge < -0.3 is 4.57 Å². The van der Waals surface area contributed by atoms with Crippen molar-refractivity contribution in [2.45, 2.75) is 0 Å². The maximum atomic E-state index is 13.0. The first-order valence-corrected chi connectivity index (χ1v) is 7.71. The van der Waals surface area contributed by atoms with Gasteiger partial charge in [-0.3, -0.25) is 14.5 Å². The predicted octanol–water partition coefficient (Wildman–Crippen LogP) is 3.84. The third kappa shape index (κ3) is 2.98. The van der Waals surface area contributed by atoms with Crippen molar-refractivity contribution in [1.82, 2.24) is 9.47 Å². The summed E-state index contributed by atoms with van der Waals surface area (Å²) in [7, 11) is 0. The van der Waals surface area contributed by atoms with Gasteiger partial charge in [-0.05, 0) is 54.2 Å². The summed E-state index contributed by atoms with van der Waals surface area (Å²) in [5.74, 6) is -0.639. The molecule has 0 radical (unpaired) electrons. The molecule has 1 saturated heterocycles. The van der Waals surface area contributed by atoms with Crippen molar-refractivity contribution in [2.75, 3.05) is 6.54 Å². The van der Waals surface area contributed by atoms with Crippen LogP contribution in [0, 0.1) is 5.82 Å². The lowest BCUT2D eigenvalue weighted by molar-refractivity contribution is -0.122. The number of rotatable bonds is 4. The second-order valence-electron chi connectivity index (χ2n) is 4.86. The highest BCUT2D eigenvalue weighted by Crippen LogP contribution is 2.32. The molecule has 0 unspecified atom stereocenters. The SMILES string of the molecule is C=CCN1C(=O)S/C(=C/c2cccn2-c2ccc(F)cc2)C1=O. The second-order valence-corrected chi connectivity index (χ2v) is 5.85. The average molecular weight is 328 g/mol. The van der Waals surface area contributed by atoms with Crippen LogP contribution in [0.2, 0.25) is 0 Å². The minimum atomic E-state index is -0.327. The lowest BCUT2D eigenvalue weighted by Crippen LogP contribution is -2.27. The summed E-state index contributed by atoms with van der Waals surface area (Å²) in [4.78, 5) is 25.6. The Kier molecular flexibility index (Phi) is 4.16. The van der Waals surface area contributed by atoms with Gasteiger partial charge in [-0.25, -0.2) is 4.39 Å². The topological polar surface area (TPSA) is 42.3 Å². The van der Waals surface area contributed by atoms with Gasteiger partial charge in [0.2, 0.25) is 0 Å². The average Bonchev–Trinajstić information content (AvgIpc) is 3.09. The van der Waals surface area contributed by atoms with Crippen LogP contribution in [-0.2, 0) is 4.79 Å². The van der Waals surface area contributed by atoms with Crippen LogP contribution in [0.25, 0.3) is 11.8 Å². The molecule has 1 aliphatic rings. The molecule has 0 bridgehead atoms. The number of aromatic nitrogens is 1. The van der Waals surface area contributed by atoms with Crippen LogP contribution in [0.4, 0.5) is 9.18 Å². The highest BCUT2D eigenvalue weighted by molar-refractivity contribution is 8.18. The minimum absolute atomic E-state index is 0.195. The summed E-state index contributed by atoms with van der Waals surface area (Å²) >= 11 is 0.904. The summed E-state index contributed by atoms with van der Waals surface area (Å²) < 4.78 is 14.9. The number of carbonyl (C=O) groups is 2. The number of nitrogens with zero attached hydrogens (tertiary/aromatic N) is 2. The number of carbonyl (C=O) groups excluding carboxylic acids is 2. The van der Waals surface area contributed by atoms with Gasteiger partial charge in [-0.15, -0.1) is 6.58 Å². The largest absolute Gasteiger partial charge is 0.317 e. The molecule has 1 aromatic carbocycles. The highest BCUT2D eigenvalue weighted by Gasteiger charge is 2.34. The van der Waals surface area contributed by atoms with E-state index in [2.05, 4.69) is 6.58 Å². The van der Waals surface area contributed by atoms with E-state index >= 15 is 0 Å². The fourth-order valence-electron chi connectivity index (χ4n) is 2.27. The Hall–Kier alpha value is -2.60. The van der Waals surface area contributed by atoms with Gasteiger partial charge in [0.05, 0.1) is 4.91 Å². The zero-order valence-corrected chi connectivity index (χ0v) is 12.9. The van der Waals surface area contributed by atoms with E-state index in [1.165, 1.54) is 18.2 Å². The maximum absolute atomic E-state index is 13.0. The number of imide groups is 1. The quantitative estimate of drug-likeness (QED) is 0.632. The first-order valence-electron chi connectivity index (χ1n) is 6.89. The molecular weight excluding hydrogens is 315 g/mol. The monoisotopic (exact) mass is 328 g/mol. The van der Waals surface area contributed by atoms with Crippen molar-refractivity contribution in [3.8, 4) is 5.69 Å². The molecule has 0 saturated carbocycles. The van der Waals surface area contributed by atoms with Crippen molar-refractivity contribution in [3.63, 3.8) is 0 Å². The van der Waals surface area contributed by atoms with Gasteiger partial charge in [-0.2, -0.15) is 0 Å². The van der Waals surface area contributed by atoms with E-state index in [-0.39, 0.29) is 23.5 Å². The smallest absolute Gasteiger partial charge is 0.293 e. The van der Waals surface area contributed by atoms with E-state index in [4.69, 9.17) is 0 Å². The summed E-state index contributed by atoms with van der Waals surface area (Å²) in [5.41, 5.74) is 1.51. The Morgan fingerprint density at radius 3 is 2.61 bits per heavy atom. The van der Waals surface area contributed by atoms with Gasteiger partial charge in [0, 0.05) is 24.1 Å². The van der Waals surface area contributed by atoms with Crippen LogP contribution in [0.1, 0.15) is 5.69 Å². The van der Waals surface area contributed by atoms with Crippen LogP contribution < -0.4 is 0 Å². The summed E-state index contributed by atoms with van der Waals surface area (Å²) in [6, 6.07) is 9.69. The normalized spacial score (nSPS) is 16.4. The van der Waals surface area contributed by atoms with E-state index in [9.17, 15) is 14.0 Å². The van der Waals surface area contributed by atoms with Crippen LogP contribution in [0.15, 0.2) is 60.2 Å². The molecule has 3 rings (SSSR count).